The first-order valence-electron chi connectivity index (χ1n) is 6.21. The Kier molecular flexibility index (Phi) is 3.52. The van der Waals surface area contributed by atoms with E-state index in [0.29, 0.717) is 6.42 Å². The van der Waals surface area contributed by atoms with Crippen LogP contribution in [0.4, 0.5) is 0 Å². The predicted octanol–water partition coefficient (Wildman–Crippen LogP) is 1.30. The molecular formula is C13H20N4O. The molecule has 0 spiro atoms. The molecule has 0 amide bonds. The molecule has 0 saturated carbocycles. The third-order valence-electron chi connectivity index (χ3n) is 3.17. The molecule has 0 bridgehead atoms. The standard InChI is InChI=1S/C13H20N4O/c1-5-10-7-12(17(4)15-10)13(18)8-11-6-9(2)14-16(11)3/h6-7,13,18H,5,8H2,1-4H3. The first kappa shape index (κ1) is 12.8. The molecule has 0 aromatic carbocycles. The summed E-state index contributed by atoms with van der Waals surface area (Å²) < 4.78 is 3.57. The molecule has 18 heavy (non-hydrogen) atoms. The van der Waals surface area contributed by atoms with E-state index in [4.69, 9.17) is 0 Å². The highest BCUT2D eigenvalue weighted by Crippen LogP contribution is 2.19. The van der Waals surface area contributed by atoms with Gasteiger partial charge in [-0.2, -0.15) is 10.2 Å². The van der Waals surface area contributed by atoms with E-state index in [9.17, 15) is 5.11 Å². The number of rotatable bonds is 4. The van der Waals surface area contributed by atoms with Crippen molar-refractivity contribution in [2.75, 3.05) is 0 Å². The summed E-state index contributed by atoms with van der Waals surface area (Å²) in [5.74, 6) is 0. The summed E-state index contributed by atoms with van der Waals surface area (Å²) in [5.41, 5.74) is 3.86. The van der Waals surface area contributed by atoms with Crippen molar-refractivity contribution in [1.29, 1.82) is 0 Å². The molecule has 1 N–H and O–H groups in total. The molecule has 0 aliphatic rings. The summed E-state index contributed by atoms with van der Waals surface area (Å²) in [5, 5.41) is 18.9. The Morgan fingerprint density at radius 3 is 2.44 bits per heavy atom. The molecule has 98 valence electrons. The van der Waals surface area contributed by atoms with Gasteiger partial charge in [-0.15, -0.1) is 0 Å². The van der Waals surface area contributed by atoms with Crippen LogP contribution in [0.25, 0.3) is 0 Å². The molecule has 5 nitrogen and oxygen atoms in total. The maximum Gasteiger partial charge on any atom is 0.101 e. The van der Waals surface area contributed by atoms with Crippen molar-refractivity contribution in [1.82, 2.24) is 19.6 Å². The van der Waals surface area contributed by atoms with Crippen molar-refractivity contribution in [3.63, 3.8) is 0 Å². The molecular weight excluding hydrogens is 228 g/mol. The van der Waals surface area contributed by atoms with E-state index in [-0.39, 0.29) is 0 Å². The largest absolute Gasteiger partial charge is 0.386 e. The zero-order chi connectivity index (χ0) is 13.3. The number of aryl methyl sites for hydroxylation is 4. The van der Waals surface area contributed by atoms with Crippen LogP contribution in [0.15, 0.2) is 12.1 Å². The Hall–Kier alpha value is -1.62. The van der Waals surface area contributed by atoms with Crippen molar-refractivity contribution in [3.05, 3.63) is 34.9 Å². The van der Waals surface area contributed by atoms with Gasteiger partial charge in [0.15, 0.2) is 0 Å². The Labute approximate surface area is 107 Å². The molecule has 2 heterocycles. The van der Waals surface area contributed by atoms with Gasteiger partial charge in [-0.05, 0) is 25.5 Å². The lowest BCUT2D eigenvalue weighted by molar-refractivity contribution is 0.166. The molecule has 1 atom stereocenters. The maximum atomic E-state index is 10.3. The van der Waals surface area contributed by atoms with Gasteiger partial charge in [-0.1, -0.05) is 6.92 Å². The van der Waals surface area contributed by atoms with Gasteiger partial charge in [0.2, 0.25) is 0 Å². The van der Waals surface area contributed by atoms with Gasteiger partial charge in [0.05, 0.1) is 17.1 Å². The molecule has 0 radical (unpaired) electrons. The van der Waals surface area contributed by atoms with Gasteiger partial charge in [-0.25, -0.2) is 0 Å². The van der Waals surface area contributed by atoms with Crippen LogP contribution in [-0.2, 0) is 26.9 Å². The Balaban J connectivity index is 2.18. The first-order chi connectivity index (χ1) is 8.51. The summed E-state index contributed by atoms with van der Waals surface area (Å²) in [4.78, 5) is 0. The topological polar surface area (TPSA) is 55.9 Å². The van der Waals surface area contributed by atoms with E-state index in [1.54, 1.807) is 4.68 Å². The Bertz CT molecular complexity index is 541. The number of aliphatic hydroxyl groups is 1. The molecule has 5 heteroatoms. The van der Waals surface area contributed by atoms with Gasteiger partial charge in [0, 0.05) is 26.2 Å². The SMILES string of the molecule is CCc1cc(C(O)Cc2cc(C)nn2C)n(C)n1. The molecule has 2 rings (SSSR count). The molecule has 2 aromatic rings. The van der Waals surface area contributed by atoms with E-state index in [2.05, 4.69) is 17.1 Å². The van der Waals surface area contributed by atoms with Gasteiger partial charge in [0.1, 0.15) is 6.10 Å². The minimum Gasteiger partial charge on any atom is -0.386 e. The fraction of sp³-hybridized carbons (Fsp3) is 0.538. The predicted molar refractivity (Wildman–Crippen MR) is 69.2 cm³/mol. The number of aliphatic hydroxyl groups excluding tert-OH is 1. The summed E-state index contributed by atoms with van der Waals surface area (Å²) in [6, 6.07) is 3.97. The minimum absolute atomic E-state index is 0.544. The first-order valence-corrected chi connectivity index (χ1v) is 6.21. The van der Waals surface area contributed by atoms with Crippen molar-refractivity contribution in [3.8, 4) is 0 Å². The van der Waals surface area contributed by atoms with Gasteiger partial charge >= 0.3 is 0 Å². The minimum atomic E-state index is -0.544. The summed E-state index contributed by atoms with van der Waals surface area (Å²) in [7, 11) is 3.77. The average molecular weight is 248 g/mol. The number of aromatic nitrogens is 4. The van der Waals surface area contributed by atoms with Gasteiger partial charge in [-0.3, -0.25) is 9.36 Å². The van der Waals surface area contributed by atoms with Crippen molar-refractivity contribution in [2.24, 2.45) is 14.1 Å². The maximum absolute atomic E-state index is 10.3. The lowest BCUT2D eigenvalue weighted by atomic mass is 10.1. The summed E-state index contributed by atoms with van der Waals surface area (Å²) in [6.07, 6.45) is 0.892. The van der Waals surface area contributed by atoms with Crippen LogP contribution in [0.3, 0.4) is 0 Å². The lowest BCUT2D eigenvalue weighted by Crippen LogP contribution is -2.10. The highest BCUT2D eigenvalue weighted by Gasteiger charge is 2.16. The fourth-order valence-corrected chi connectivity index (χ4v) is 2.19. The van der Waals surface area contributed by atoms with E-state index >= 15 is 0 Å². The molecule has 1 unspecified atom stereocenters. The Morgan fingerprint density at radius 1 is 1.22 bits per heavy atom. The van der Waals surface area contributed by atoms with Crippen molar-refractivity contribution >= 4 is 0 Å². The van der Waals surface area contributed by atoms with Crippen LogP contribution in [0, 0.1) is 6.92 Å². The smallest absolute Gasteiger partial charge is 0.101 e. The molecule has 0 saturated heterocycles. The van der Waals surface area contributed by atoms with E-state index in [1.165, 1.54) is 0 Å². The van der Waals surface area contributed by atoms with Crippen LogP contribution < -0.4 is 0 Å². The fourth-order valence-electron chi connectivity index (χ4n) is 2.19. The van der Waals surface area contributed by atoms with Crippen LogP contribution in [0.2, 0.25) is 0 Å². The second-order valence-corrected chi connectivity index (χ2v) is 4.66. The zero-order valence-electron chi connectivity index (χ0n) is 11.4. The van der Waals surface area contributed by atoms with E-state index < -0.39 is 6.10 Å². The van der Waals surface area contributed by atoms with Crippen molar-refractivity contribution < 1.29 is 5.11 Å². The normalized spacial score (nSPS) is 12.9. The average Bonchev–Trinajstić information content (AvgIpc) is 2.82. The highest BCUT2D eigenvalue weighted by molar-refractivity contribution is 5.17. The second-order valence-electron chi connectivity index (χ2n) is 4.66. The van der Waals surface area contributed by atoms with E-state index in [1.807, 2.05) is 37.8 Å². The highest BCUT2D eigenvalue weighted by atomic mass is 16.3. The van der Waals surface area contributed by atoms with Crippen LogP contribution in [-0.4, -0.2) is 24.7 Å². The van der Waals surface area contributed by atoms with Gasteiger partial charge < -0.3 is 5.11 Å². The second kappa shape index (κ2) is 4.94. The van der Waals surface area contributed by atoms with Crippen LogP contribution in [0.5, 0.6) is 0 Å². The molecule has 0 aliphatic carbocycles. The summed E-state index contributed by atoms with van der Waals surface area (Å²) >= 11 is 0. The third kappa shape index (κ3) is 2.46. The summed E-state index contributed by atoms with van der Waals surface area (Å²) in [6.45, 7) is 4.01. The van der Waals surface area contributed by atoms with Crippen LogP contribution in [0.1, 0.15) is 35.8 Å². The molecule has 0 fully saturated rings. The van der Waals surface area contributed by atoms with Gasteiger partial charge in [0.25, 0.3) is 0 Å². The number of hydrogen-bond acceptors (Lipinski definition) is 3. The monoisotopic (exact) mass is 248 g/mol. The molecule has 0 aliphatic heterocycles. The van der Waals surface area contributed by atoms with Crippen LogP contribution >= 0.6 is 0 Å². The zero-order valence-corrected chi connectivity index (χ0v) is 11.4. The number of hydrogen-bond donors (Lipinski definition) is 1. The van der Waals surface area contributed by atoms with Crippen molar-refractivity contribution in [2.45, 2.75) is 32.8 Å². The Morgan fingerprint density at radius 2 is 1.94 bits per heavy atom. The number of nitrogens with zero attached hydrogens (tertiary/aromatic N) is 4. The quantitative estimate of drug-likeness (QED) is 0.887. The lowest BCUT2D eigenvalue weighted by Gasteiger charge is -2.10. The third-order valence-corrected chi connectivity index (χ3v) is 3.17. The molecule has 2 aromatic heterocycles. The van der Waals surface area contributed by atoms with E-state index in [0.717, 1.165) is 29.2 Å².